The van der Waals surface area contributed by atoms with Gasteiger partial charge >= 0.3 is 0 Å². The minimum Gasteiger partial charge on any atom is -0.356 e. The van der Waals surface area contributed by atoms with E-state index in [1.165, 1.54) is 14.2 Å². The van der Waals surface area contributed by atoms with Crippen LogP contribution in [-0.4, -0.2) is 61.4 Å². The van der Waals surface area contributed by atoms with Gasteiger partial charge in [-0.3, -0.25) is 9.69 Å². The Balaban J connectivity index is 2.66. The normalized spacial score (nSPS) is 23.9. The fourth-order valence-electron chi connectivity index (χ4n) is 2.14. The van der Waals surface area contributed by atoms with Crippen LogP contribution in [0.4, 0.5) is 0 Å². The first-order chi connectivity index (χ1) is 8.78. The lowest BCUT2D eigenvalue weighted by molar-refractivity contribution is -0.250. The number of hydrogen-bond acceptors (Lipinski definition) is 6. The summed E-state index contributed by atoms with van der Waals surface area (Å²) in [5.41, 5.74) is -0.446. The van der Waals surface area contributed by atoms with Crippen LogP contribution in [0.2, 0.25) is 0 Å². The predicted molar refractivity (Wildman–Crippen MR) is 69.3 cm³/mol. The van der Waals surface area contributed by atoms with Gasteiger partial charge in [-0.05, 0) is 20.8 Å². The molecule has 6 nitrogen and oxygen atoms in total. The minimum absolute atomic E-state index is 0.0907. The van der Waals surface area contributed by atoms with Crippen molar-refractivity contribution in [1.82, 2.24) is 4.90 Å². The van der Waals surface area contributed by atoms with Crippen molar-refractivity contribution < 1.29 is 24.1 Å². The minimum atomic E-state index is -1.02. The molecule has 0 radical (unpaired) electrons. The summed E-state index contributed by atoms with van der Waals surface area (Å²) in [4.78, 5) is 13.6. The molecule has 0 bridgehead atoms. The molecule has 19 heavy (non-hydrogen) atoms. The highest BCUT2D eigenvalue weighted by Crippen LogP contribution is 2.22. The lowest BCUT2D eigenvalue weighted by Crippen LogP contribution is -2.52. The molecule has 0 aromatic carbocycles. The van der Waals surface area contributed by atoms with E-state index in [0.717, 1.165) is 0 Å². The van der Waals surface area contributed by atoms with Crippen molar-refractivity contribution in [3.63, 3.8) is 0 Å². The van der Waals surface area contributed by atoms with Crippen molar-refractivity contribution in [3.05, 3.63) is 0 Å². The zero-order valence-electron chi connectivity index (χ0n) is 12.4. The summed E-state index contributed by atoms with van der Waals surface area (Å²) in [6.45, 7) is 6.46. The lowest BCUT2D eigenvalue weighted by Gasteiger charge is -2.38. The first kappa shape index (κ1) is 16.5. The monoisotopic (exact) mass is 275 g/mol. The molecule has 6 heteroatoms. The number of ether oxygens (including phenoxy) is 3. The highest BCUT2D eigenvalue weighted by Gasteiger charge is 2.37. The fraction of sp³-hybridized carbons (Fsp3) is 0.923. The highest BCUT2D eigenvalue weighted by molar-refractivity contribution is 5.82. The molecule has 0 saturated carbocycles. The number of aliphatic hydroxyl groups is 1. The third kappa shape index (κ3) is 4.81. The van der Waals surface area contributed by atoms with Gasteiger partial charge in [-0.25, -0.2) is 0 Å². The molecule has 0 aromatic rings. The first-order valence-corrected chi connectivity index (χ1v) is 6.46. The molecule has 1 rings (SSSR count). The molecule has 2 unspecified atom stereocenters. The summed E-state index contributed by atoms with van der Waals surface area (Å²) in [5.74, 6) is -0.310. The van der Waals surface area contributed by atoms with Crippen LogP contribution in [0.3, 0.4) is 0 Å². The van der Waals surface area contributed by atoms with Crippen LogP contribution in [-0.2, 0) is 19.0 Å². The number of rotatable bonds is 5. The van der Waals surface area contributed by atoms with Gasteiger partial charge in [0.15, 0.2) is 6.29 Å². The summed E-state index contributed by atoms with van der Waals surface area (Å²) >= 11 is 0. The molecule has 0 amide bonds. The van der Waals surface area contributed by atoms with Crippen molar-refractivity contribution in [2.75, 3.05) is 27.3 Å². The standard InChI is InChI=1S/C13H25NO5/c1-13(2,3)19-12(16)14-7-6-10(15)9(8-14)11(17-4)18-5/h9,11-12,16H,6-8H2,1-5H3. The SMILES string of the molecule is COC(OC)C1CN(C(O)OC(C)(C)C)CCC1=O. The molecule has 0 aromatic heterocycles. The first-order valence-electron chi connectivity index (χ1n) is 6.46. The van der Waals surface area contributed by atoms with E-state index in [2.05, 4.69) is 0 Å². The molecule has 112 valence electrons. The van der Waals surface area contributed by atoms with Gasteiger partial charge in [-0.15, -0.1) is 0 Å². The van der Waals surface area contributed by atoms with Crippen molar-refractivity contribution in [3.8, 4) is 0 Å². The summed E-state index contributed by atoms with van der Waals surface area (Å²) in [6, 6.07) is 0. The van der Waals surface area contributed by atoms with Gasteiger partial charge in [0.1, 0.15) is 5.78 Å². The molecule has 1 heterocycles. The van der Waals surface area contributed by atoms with Crippen molar-refractivity contribution in [1.29, 1.82) is 0 Å². The number of ketones is 1. The van der Waals surface area contributed by atoms with E-state index in [0.29, 0.717) is 19.5 Å². The zero-order valence-corrected chi connectivity index (χ0v) is 12.4. The number of carbonyl (C=O) groups is 1. The van der Waals surface area contributed by atoms with Gasteiger partial charge in [0.05, 0.1) is 11.5 Å². The fourth-order valence-corrected chi connectivity index (χ4v) is 2.14. The van der Waals surface area contributed by atoms with Gasteiger partial charge in [-0.2, -0.15) is 0 Å². The van der Waals surface area contributed by atoms with Crippen LogP contribution in [0, 0.1) is 5.92 Å². The number of hydrogen-bond donors (Lipinski definition) is 1. The topological polar surface area (TPSA) is 68.2 Å². The van der Waals surface area contributed by atoms with E-state index in [9.17, 15) is 9.90 Å². The van der Waals surface area contributed by atoms with Gasteiger partial charge in [0, 0.05) is 33.7 Å². The Bertz CT molecular complexity index is 298. The molecule has 0 spiro atoms. The Morgan fingerprint density at radius 3 is 2.37 bits per heavy atom. The quantitative estimate of drug-likeness (QED) is 0.741. The maximum absolute atomic E-state index is 11.9. The van der Waals surface area contributed by atoms with Crippen LogP contribution in [0.5, 0.6) is 0 Å². The Morgan fingerprint density at radius 1 is 1.32 bits per heavy atom. The van der Waals surface area contributed by atoms with E-state index < -0.39 is 24.2 Å². The third-order valence-electron chi connectivity index (χ3n) is 3.05. The smallest absolute Gasteiger partial charge is 0.216 e. The second-order valence-corrected chi connectivity index (χ2v) is 5.71. The number of Topliss-reactive ketones (excluding diaryl/α,β-unsaturated/α-hetero) is 1. The van der Waals surface area contributed by atoms with Gasteiger partial charge in [0.2, 0.25) is 6.41 Å². The highest BCUT2D eigenvalue weighted by atomic mass is 16.7. The van der Waals surface area contributed by atoms with Crippen LogP contribution in [0.1, 0.15) is 27.2 Å². The number of likely N-dealkylation sites (tertiary alicyclic amines) is 1. The zero-order chi connectivity index (χ0) is 14.6. The number of carbonyl (C=O) groups excluding carboxylic acids is 1. The number of piperidine rings is 1. The number of aliphatic hydroxyl groups excluding tert-OH is 1. The summed E-state index contributed by atoms with van der Waals surface area (Å²) < 4.78 is 15.8. The van der Waals surface area contributed by atoms with E-state index in [1.54, 1.807) is 4.90 Å². The molecule has 1 aliphatic rings. The largest absolute Gasteiger partial charge is 0.356 e. The lowest BCUT2D eigenvalue weighted by atomic mass is 9.96. The average molecular weight is 275 g/mol. The Kier molecular flexibility index (Phi) is 5.88. The number of nitrogens with zero attached hydrogens (tertiary/aromatic N) is 1. The second-order valence-electron chi connectivity index (χ2n) is 5.71. The number of methoxy groups -OCH3 is 2. The molecular weight excluding hydrogens is 250 g/mol. The molecule has 0 aliphatic carbocycles. The van der Waals surface area contributed by atoms with Crippen LogP contribution < -0.4 is 0 Å². The van der Waals surface area contributed by atoms with Crippen LogP contribution >= 0.6 is 0 Å². The molecule has 2 atom stereocenters. The third-order valence-corrected chi connectivity index (χ3v) is 3.05. The second kappa shape index (κ2) is 6.76. The van der Waals surface area contributed by atoms with Crippen LogP contribution in [0.25, 0.3) is 0 Å². The summed E-state index contributed by atoms with van der Waals surface area (Å²) in [5, 5.41) is 10.1. The van der Waals surface area contributed by atoms with Gasteiger partial charge < -0.3 is 19.3 Å². The predicted octanol–water partition coefficient (Wildman–Crippen LogP) is 0.587. The summed E-state index contributed by atoms with van der Waals surface area (Å²) in [6.07, 6.45) is -1.25. The summed E-state index contributed by atoms with van der Waals surface area (Å²) in [7, 11) is 3.00. The average Bonchev–Trinajstić information content (AvgIpc) is 2.30. The van der Waals surface area contributed by atoms with Crippen molar-refractivity contribution >= 4 is 5.78 Å². The van der Waals surface area contributed by atoms with E-state index >= 15 is 0 Å². The Morgan fingerprint density at radius 2 is 1.89 bits per heavy atom. The van der Waals surface area contributed by atoms with Crippen LogP contribution in [0.15, 0.2) is 0 Å². The van der Waals surface area contributed by atoms with Gasteiger partial charge in [0.25, 0.3) is 0 Å². The van der Waals surface area contributed by atoms with Gasteiger partial charge in [-0.1, -0.05) is 0 Å². The van der Waals surface area contributed by atoms with Crippen molar-refractivity contribution in [2.45, 2.75) is 45.5 Å². The molecule has 1 saturated heterocycles. The molecule has 1 aliphatic heterocycles. The Labute approximate surface area is 114 Å². The van der Waals surface area contributed by atoms with E-state index in [1.807, 2.05) is 20.8 Å². The van der Waals surface area contributed by atoms with Crippen molar-refractivity contribution in [2.24, 2.45) is 5.92 Å². The molecule has 1 fully saturated rings. The van der Waals surface area contributed by atoms with E-state index in [4.69, 9.17) is 14.2 Å². The van der Waals surface area contributed by atoms with E-state index in [-0.39, 0.29) is 5.78 Å². The Hall–Kier alpha value is -0.530. The molecular formula is C13H25NO5. The maximum atomic E-state index is 11.9. The molecule has 1 N–H and O–H groups in total. The maximum Gasteiger partial charge on any atom is 0.216 e.